The van der Waals surface area contributed by atoms with Gasteiger partial charge in [-0.05, 0) is 35.7 Å². The molecule has 0 saturated carbocycles. The molecule has 0 amide bonds. The largest absolute Gasteiger partial charge is 0.317 e. The third-order valence-electron chi connectivity index (χ3n) is 4.98. The molecule has 2 aromatic carbocycles. The van der Waals surface area contributed by atoms with E-state index in [0.29, 0.717) is 6.54 Å². The Hall–Kier alpha value is -1.50. The number of amidine groups is 1. The van der Waals surface area contributed by atoms with Crippen molar-refractivity contribution in [1.29, 1.82) is 0 Å². The molecule has 0 bridgehead atoms. The van der Waals surface area contributed by atoms with Crippen LogP contribution in [0.15, 0.2) is 53.5 Å². The van der Waals surface area contributed by atoms with E-state index in [2.05, 4.69) is 36.1 Å². The molecule has 1 saturated heterocycles. The molecule has 4 nitrogen and oxygen atoms in total. The van der Waals surface area contributed by atoms with Gasteiger partial charge in [-0.15, -0.1) is 0 Å². The molecule has 0 spiro atoms. The SMILES string of the molecule is CCc1ccc(N(Cc2ccccc2Cl)C2=NC3CS(=O)(=O)CC3S2)cc1. The van der Waals surface area contributed by atoms with Crippen molar-refractivity contribution in [3.8, 4) is 0 Å². The lowest BCUT2D eigenvalue weighted by atomic mass is 10.1. The van der Waals surface area contributed by atoms with Gasteiger partial charge in [0, 0.05) is 16.0 Å². The number of rotatable bonds is 4. The molecule has 4 rings (SSSR count). The van der Waals surface area contributed by atoms with Crippen LogP contribution in [0.25, 0.3) is 0 Å². The first-order chi connectivity index (χ1) is 12.9. The van der Waals surface area contributed by atoms with Crippen LogP contribution >= 0.6 is 23.4 Å². The quantitative estimate of drug-likeness (QED) is 0.744. The van der Waals surface area contributed by atoms with Crippen molar-refractivity contribution >= 4 is 44.1 Å². The fourth-order valence-corrected chi connectivity index (χ4v) is 7.42. The van der Waals surface area contributed by atoms with Gasteiger partial charge in [0.15, 0.2) is 15.0 Å². The standard InChI is InChI=1S/C20H21ClN2O2S2/c1-2-14-7-9-16(10-8-14)23(11-15-5-3-4-6-17(15)21)20-22-18-12-27(24,25)13-19(18)26-20/h3-10,18-19H,2,11-13H2,1H3. The van der Waals surface area contributed by atoms with Crippen LogP contribution in [0.3, 0.4) is 0 Å². The van der Waals surface area contributed by atoms with Gasteiger partial charge in [-0.25, -0.2) is 8.42 Å². The van der Waals surface area contributed by atoms with Crippen LogP contribution in [-0.4, -0.2) is 36.4 Å². The molecule has 2 heterocycles. The van der Waals surface area contributed by atoms with E-state index < -0.39 is 9.84 Å². The third-order valence-corrected chi connectivity index (χ3v) is 8.59. The van der Waals surface area contributed by atoms with Crippen LogP contribution < -0.4 is 4.90 Å². The lowest BCUT2D eigenvalue weighted by Crippen LogP contribution is -2.28. The maximum atomic E-state index is 11.9. The van der Waals surface area contributed by atoms with Gasteiger partial charge in [0.25, 0.3) is 0 Å². The second-order valence-corrected chi connectivity index (χ2v) is 10.7. The van der Waals surface area contributed by atoms with E-state index in [4.69, 9.17) is 16.6 Å². The van der Waals surface area contributed by atoms with Crippen LogP contribution in [-0.2, 0) is 22.8 Å². The summed E-state index contributed by atoms with van der Waals surface area (Å²) in [7, 11) is -2.96. The van der Waals surface area contributed by atoms with Crippen LogP contribution in [0.2, 0.25) is 5.02 Å². The highest BCUT2D eigenvalue weighted by atomic mass is 35.5. The summed E-state index contributed by atoms with van der Waals surface area (Å²) in [5.41, 5.74) is 3.34. The average Bonchev–Trinajstić information content (AvgIpc) is 3.14. The molecule has 0 aliphatic carbocycles. The second kappa shape index (κ2) is 7.49. The topological polar surface area (TPSA) is 49.7 Å². The zero-order valence-electron chi connectivity index (χ0n) is 15.0. The zero-order chi connectivity index (χ0) is 19.0. The number of aryl methyl sites for hydroxylation is 1. The van der Waals surface area contributed by atoms with Gasteiger partial charge in [-0.3, -0.25) is 4.99 Å². The van der Waals surface area contributed by atoms with Crippen LogP contribution in [0.4, 0.5) is 5.69 Å². The monoisotopic (exact) mass is 420 g/mol. The van der Waals surface area contributed by atoms with Crippen molar-refractivity contribution in [2.75, 3.05) is 16.4 Å². The Balaban J connectivity index is 1.67. The van der Waals surface area contributed by atoms with Gasteiger partial charge in [0.1, 0.15) is 0 Å². The number of sulfone groups is 1. The van der Waals surface area contributed by atoms with E-state index in [0.717, 1.165) is 27.9 Å². The van der Waals surface area contributed by atoms with Gasteiger partial charge in [0.05, 0.1) is 24.1 Å². The van der Waals surface area contributed by atoms with E-state index in [-0.39, 0.29) is 22.8 Å². The molecule has 1 fully saturated rings. The molecule has 7 heteroatoms. The Morgan fingerprint density at radius 1 is 1.15 bits per heavy atom. The first kappa shape index (κ1) is 18.8. The maximum Gasteiger partial charge on any atom is 0.164 e. The Morgan fingerprint density at radius 2 is 1.89 bits per heavy atom. The summed E-state index contributed by atoms with van der Waals surface area (Å²) in [6.45, 7) is 2.73. The first-order valence-corrected chi connectivity index (χ1v) is 12.1. The second-order valence-electron chi connectivity index (χ2n) is 6.91. The minimum Gasteiger partial charge on any atom is -0.317 e. The van der Waals surface area contributed by atoms with Gasteiger partial charge in [-0.1, -0.05) is 60.6 Å². The number of nitrogens with zero attached hydrogens (tertiary/aromatic N) is 2. The van der Waals surface area contributed by atoms with Crippen molar-refractivity contribution in [3.05, 3.63) is 64.7 Å². The smallest absolute Gasteiger partial charge is 0.164 e. The Labute approximate surface area is 169 Å². The number of aliphatic imine (C=N–C) groups is 1. The summed E-state index contributed by atoms with van der Waals surface area (Å²) in [6, 6.07) is 16.1. The number of fused-ring (bicyclic) bond motifs is 1. The number of halogens is 1. The molecule has 2 unspecified atom stereocenters. The Bertz CT molecular complexity index is 974. The van der Waals surface area contributed by atoms with Gasteiger partial charge < -0.3 is 4.90 Å². The fraction of sp³-hybridized carbons (Fsp3) is 0.350. The molecular weight excluding hydrogens is 400 g/mol. The summed E-state index contributed by atoms with van der Waals surface area (Å²) in [5, 5.41) is 1.62. The number of hydrogen-bond acceptors (Lipinski definition) is 5. The summed E-state index contributed by atoms with van der Waals surface area (Å²) >= 11 is 7.97. The number of benzene rings is 2. The van der Waals surface area contributed by atoms with Crippen LogP contribution in [0, 0.1) is 0 Å². The highest BCUT2D eigenvalue weighted by Crippen LogP contribution is 2.37. The molecule has 2 aliphatic rings. The van der Waals surface area contributed by atoms with Gasteiger partial charge >= 0.3 is 0 Å². The molecule has 2 atom stereocenters. The lowest BCUT2D eigenvalue weighted by Gasteiger charge is -2.25. The Morgan fingerprint density at radius 3 is 2.56 bits per heavy atom. The van der Waals surface area contributed by atoms with Crippen molar-refractivity contribution in [2.24, 2.45) is 4.99 Å². The minimum atomic E-state index is -2.96. The maximum absolute atomic E-state index is 11.9. The molecule has 0 aromatic heterocycles. The number of anilines is 1. The lowest BCUT2D eigenvalue weighted by molar-refractivity contribution is 0.601. The Kier molecular flexibility index (Phi) is 5.23. The van der Waals surface area contributed by atoms with Crippen molar-refractivity contribution in [2.45, 2.75) is 31.2 Å². The van der Waals surface area contributed by atoms with Crippen molar-refractivity contribution in [3.63, 3.8) is 0 Å². The number of hydrogen-bond donors (Lipinski definition) is 0. The zero-order valence-corrected chi connectivity index (χ0v) is 17.4. The molecular formula is C20H21ClN2O2S2. The van der Waals surface area contributed by atoms with Gasteiger partial charge in [0.2, 0.25) is 0 Å². The van der Waals surface area contributed by atoms with E-state index in [1.54, 1.807) is 11.8 Å². The molecule has 2 aliphatic heterocycles. The first-order valence-electron chi connectivity index (χ1n) is 9.00. The minimum absolute atomic E-state index is 0.0219. The predicted octanol–water partition coefficient (Wildman–Crippen LogP) is 4.18. The summed E-state index contributed by atoms with van der Waals surface area (Å²) in [6.07, 6.45) is 0.989. The molecule has 27 heavy (non-hydrogen) atoms. The molecule has 142 valence electrons. The highest BCUT2D eigenvalue weighted by Gasteiger charge is 2.44. The number of thioether (sulfide) groups is 1. The molecule has 0 radical (unpaired) electrons. The van der Waals surface area contributed by atoms with Gasteiger partial charge in [-0.2, -0.15) is 0 Å². The third kappa shape index (κ3) is 4.03. The molecule has 2 aromatic rings. The fourth-order valence-electron chi connectivity index (χ4n) is 3.45. The molecule has 0 N–H and O–H groups in total. The summed E-state index contributed by atoms with van der Waals surface area (Å²) < 4.78 is 23.8. The normalized spacial score (nSPS) is 23.1. The van der Waals surface area contributed by atoms with Crippen molar-refractivity contribution < 1.29 is 8.42 Å². The average molecular weight is 421 g/mol. The van der Waals surface area contributed by atoms with Crippen molar-refractivity contribution in [1.82, 2.24) is 0 Å². The predicted molar refractivity (Wildman–Crippen MR) is 115 cm³/mol. The van der Waals surface area contributed by atoms with Crippen LogP contribution in [0.5, 0.6) is 0 Å². The van der Waals surface area contributed by atoms with E-state index in [9.17, 15) is 8.42 Å². The summed E-state index contributed by atoms with van der Waals surface area (Å²) in [4.78, 5) is 6.92. The van der Waals surface area contributed by atoms with E-state index in [1.807, 2.05) is 24.3 Å². The summed E-state index contributed by atoms with van der Waals surface area (Å²) in [5.74, 6) is 0.368. The van der Waals surface area contributed by atoms with E-state index in [1.165, 1.54) is 5.56 Å². The highest BCUT2D eigenvalue weighted by molar-refractivity contribution is 8.15. The van der Waals surface area contributed by atoms with E-state index >= 15 is 0 Å². The van der Waals surface area contributed by atoms with Crippen LogP contribution in [0.1, 0.15) is 18.1 Å².